The number of aromatic nitrogens is 2. The minimum atomic E-state index is -3.14. The highest BCUT2D eigenvalue weighted by molar-refractivity contribution is 7.89. The van der Waals surface area contributed by atoms with E-state index in [0.717, 1.165) is 5.69 Å². The van der Waals surface area contributed by atoms with Gasteiger partial charge in [-0.1, -0.05) is 6.92 Å². The fourth-order valence-electron chi connectivity index (χ4n) is 1.32. The summed E-state index contributed by atoms with van der Waals surface area (Å²) in [5.74, 6) is 0.787. The Kier molecular flexibility index (Phi) is 5.46. The Morgan fingerprint density at radius 3 is 2.82 bits per heavy atom. The van der Waals surface area contributed by atoms with E-state index < -0.39 is 10.0 Å². The molecule has 1 heterocycles. The average molecular weight is 258 g/mol. The molecule has 0 bridgehead atoms. The van der Waals surface area contributed by atoms with Gasteiger partial charge in [0, 0.05) is 25.8 Å². The number of rotatable bonds is 7. The quantitative estimate of drug-likeness (QED) is 0.663. The molecule has 1 rings (SSSR count). The highest BCUT2D eigenvalue weighted by atomic mass is 32.2. The van der Waals surface area contributed by atoms with Gasteiger partial charge in [-0.15, -0.1) is 0 Å². The van der Waals surface area contributed by atoms with E-state index in [-0.39, 0.29) is 5.75 Å². The predicted octanol–water partition coefficient (Wildman–Crippen LogP) is -0.186. The molecule has 0 fully saturated rings. The maximum Gasteiger partial charge on any atom is 0.212 e. The third-order valence-corrected chi connectivity index (χ3v) is 3.52. The third-order valence-electron chi connectivity index (χ3n) is 2.05. The van der Waals surface area contributed by atoms with Crippen LogP contribution in [-0.2, 0) is 16.6 Å². The van der Waals surface area contributed by atoms with E-state index in [2.05, 4.69) is 20.0 Å². The van der Waals surface area contributed by atoms with Crippen molar-refractivity contribution in [1.82, 2.24) is 20.0 Å². The summed E-state index contributed by atoms with van der Waals surface area (Å²) in [4.78, 5) is 8.19. The standard InChI is InChI=1S/C10H18N4O2S/c1-3-13-17(15,16)7-6-11-8-10-4-5-12-9(2)14-10/h4-5,11,13H,3,6-8H2,1-2H3. The number of nitrogens with one attached hydrogen (secondary N) is 2. The molecule has 0 aromatic carbocycles. The molecule has 0 spiro atoms. The zero-order valence-electron chi connectivity index (χ0n) is 10.1. The molecule has 6 nitrogen and oxygen atoms in total. The summed E-state index contributed by atoms with van der Waals surface area (Å²) < 4.78 is 25.1. The lowest BCUT2D eigenvalue weighted by Crippen LogP contribution is -2.31. The highest BCUT2D eigenvalue weighted by Crippen LogP contribution is 1.93. The van der Waals surface area contributed by atoms with Gasteiger partial charge in [-0.05, 0) is 13.0 Å². The summed E-state index contributed by atoms with van der Waals surface area (Å²) >= 11 is 0. The van der Waals surface area contributed by atoms with Crippen molar-refractivity contribution in [1.29, 1.82) is 0 Å². The molecule has 0 unspecified atom stereocenters. The van der Waals surface area contributed by atoms with Crippen LogP contribution in [0.4, 0.5) is 0 Å². The lowest BCUT2D eigenvalue weighted by molar-refractivity contribution is 0.578. The molecular weight excluding hydrogens is 240 g/mol. The molecule has 0 saturated heterocycles. The zero-order chi connectivity index (χ0) is 12.7. The second-order valence-electron chi connectivity index (χ2n) is 3.59. The number of hydrogen-bond acceptors (Lipinski definition) is 5. The van der Waals surface area contributed by atoms with Crippen molar-refractivity contribution in [3.05, 3.63) is 23.8 Å². The Balaban J connectivity index is 2.29. The molecule has 96 valence electrons. The maximum absolute atomic E-state index is 11.3. The van der Waals surface area contributed by atoms with Gasteiger partial charge in [0.25, 0.3) is 0 Å². The molecular formula is C10H18N4O2S. The van der Waals surface area contributed by atoms with Crippen LogP contribution in [0.5, 0.6) is 0 Å². The fourth-order valence-corrected chi connectivity index (χ4v) is 2.32. The van der Waals surface area contributed by atoms with Crippen LogP contribution in [0.25, 0.3) is 0 Å². The summed E-state index contributed by atoms with van der Waals surface area (Å²) in [6.45, 7) is 4.95. The van der Waals surface area contributed by atoms with Crippen molar-refractivity contribution >= 4 is 10.0 Å². The summed E-state index contributed by atoms with van der Waals surface area (Å²) in [5, 5.41) is 3.03. The summed E-state index contributed by atoms with van der Waals surface area (Å²) in [6, 6.07) is 1.80. The van der Waals surface area contributed by atoms with E-state index in [4.69, 9.17) is 0 Å². The molecule has 0 atom stereocenters. The average Bonchev–Trinajstić information content (AvgIpc) is 2.24. The van der Waals surface area contributed by atoms with Crippen LogP contribution in [0, 0.1) is 6.92 Å². The van der Waals surface area contributed by atoms with Gasteiger partial charge in [-0.3, -0.25) is 0 Å². The van der Waals surface area contributed by atoms with E-state index >= 15 is 0 Å². The molecule has 0 aliphatic rings. The van der Waals surface area contributed by atoms with E-state index in [1.54, 1.807) is 19.2 Å². The van der Waals surface area contributed by atoms with E-state index in [0.29, 0.717) is 25.5 Å². The summed E-state index contributed by atoms with van der Waals surface area (Å²) in [5.41, 5.74) is 0.860. The van der Waals surface area contributed by atoms with Gasteiger partial charge in [0.1, 0.15) is 5.82 Å². The Morgan fingerprint density at radius 1 is 1.41 bits per heavy atom. The van der Waals surface area contributed by atoms with Gasteiger partial charge < -0.3 is 5.32 Å². The van der Waals surface area contributed by atoms with Crippen LogP contribution < -0.4 is 10.0 Å². The van der Waals surface area contributed by atoms with Crippen LogP contribution >= 0.6 is 0 Å². The molecule has 0 aliphatic heterocycles. The summed E-state index contributed by atoms with van der Waals surface area (Å²) in [7, 11) is -3.14. The highest BCUT2D eigenvalue weighted by Gasteiger charge is 2.07. The molecule has 0 radical (unpaired) electrons. The Morgan fingerprint density at radius 2 is 2.18 bits per heavy atom. The van der Waals surface area contributed by atoms with Gasteiger partial charge in [-0.2, -0.15) is 0 Å². The second kappa shape index (κ2) is 6.63. The minimum Gasteiger partial charge on any atom is -0.310 e. The lowest BCUT2D eigenvalue weighted by Gasteiger charge is -2.06. The van der Waals surface area contributed by atoms with Crippen LogP contribution in [0.2, 0.25) is 0 Å². The normalized spacial score (nSPS) is 11.6. The first kappa shape index (κ1) is 14.0. The number of hydrogen-bond donors (Lipinski definition) is 2. The Hall–Kier alpha value is -1.05. The van der Waals surface area contributed by atoms with Crippen LogP contribution in [0.1, 0.15) is 18.4 Å². The first-order valence-corrected chi connectivity index (χ1v) is 7.15. The van der Waals surface area contributed by atoms with Gasteiger partial charge in [0.15, 0.2) is 0 Å². The predicted molar refractivity (Wildman–Crippen MR) is 65.9 cm³/mol. The topological polar surface area (TPSA) is 84.0 Å². The number of aryl methyl sites for hydroxylation is 1. The van der Waals surface area contributed by atoms with Crippen LogP contribution in [0.3, 0.4) is 0 Å². The van der Waals surface area contributed by atoms with Crippen molar-refractivity contribution in [3.63, 3.8) is 0 Å². The van der Waals surface area contributed by atoms with Crippen molar-refractivity contribution < 1.29 is 8.42 Å². The first-order valence-electron chi connectivity index (χ1n) is 5.50. The molecule has 0 saturated carbocycles. The van der Waals surface area contributed by atoms with Crippen molar-refractivity contribution in [3.8, 4) is 0 Å². The molecule has 0 aliphatic carbocycles. The van der Waals surface area contributed by atoms with E-state index in [9.17, 15) is 8.42 Å². The van der Waals surface area contributed by atoms with Gasteiger partial charge in [-0.25, -0.2) is 23.1 Å². The number of sulfonamides is 1. The largest absolute Gasteiger partial charge is 0.310 e. The minimum absolute atomic E-state index is 0.0743. The van der Waals surface area contributed by atoms with Crippen LogP contribution in [0.15, 0.2) is 12.3 Å². The van der Waals surface area contributed by atoms with E-state index in [1.807, 2.05) is 6.92 Å². The SMILES string of the molecule is CCNS(=O)(=O)CCNCc1ccnc(C)n1. The van der Waals surface area contributed by atoms with Gasteiger partial charge in [0.05, 0.1) is 11.4 Å². The van der Waals surface area contributed by atoms with Crippen molar-refractivity contribution in [2.45, 2.75) is 20.4 Å². The van der Waals surface area contributed by atoms with Gasteiger partial charge in [0.2, 0.25) is 10.0 Å². The molecule has 2 N–H and O–H groups in total. The Labute approximate surface area is 102 Å². The molecule has 1 aromatic rings. The zero-order valence-corrected chi connectivity index (χ0v) is 10.9. The van der Waals surface area contributed by atoms with E-state index in [1.165, 1.54) is 0 Å². The summed E-state index contributed by atoms with van der Waals surface area (Å²) in [6.07, 6.45) is 1.69. The molecule has 0 amide bonds. The smallest absolute Gasteiger partial charge is 0.212 e. The van der Waals surface area contributed by atoms with Crippen molar-refractivity contribution in [2.24, 2.45) is 0 Å². The lowest BCUT2D eigenvalue weighted by atomic mass is 10.4. The Bertz CT molecular complexity index is 447. The first-order chi connectivity index (χ1) is 8.03. The number of nitrogens with zero attached hydrogens (tertiary/aromatic N) is 2. The second-order valence-corrected chi connectivity index (χ2v) is 5.52. The third kappa shape index (κ3) is 5.71. The molecule has 17 heavy (non-hydrogen) atoms. The van der Waals surface area contributed by atoms with Crippen molar-refractivity contribution in [2.75, 3.05) is 18.8 Å². The fraction of sp³-hybridized carbons (Fsp3) is 0.600. The van der Waals surface area contributed by atoms with Gasteiger partial charge >= 0.3 is 0 Å². The monoisotopic (exact) mass is 258 g/mol. The molecule has 1 aromatic heterocycles. The maximum atomic E-state index is 11.3. The van der Waals surface area contributed by atoms with Crippen LogP contribution in [-0.4, -0.2) is 37.2 Å². The molecule has 7 heteroatoms.